The topological polar surface area (TPSA) is 175 Å². The number of piperidine rings is 1. The number of rotatable bonds is 10. The average Bonchev–Trinajstić information content (AvgIpc) is 3.76. The van der Waals surface area contributed by atoms with Crippen LogP contribution in [0.2, 0.25) is 5.15 Å². The summed E-state index contributed by atoms with van der Waals surface area (Å²) in [5.41, 5.74) is 5.22. The fraction of sp³-hybridized carbons (Fsp3) is 0.478. The van der Waals surface area contributed by atoms with Crippen molar-refractivity contribution in [3.8, 4) is 22.4 Å². The molecule has 8 rings (SSSR count). The van der Waals surface area contributed by atoms with Crippen LogP contribution in [0.5, 0.6) is 0 Å². The van der Waals surface area contributed by atoms with Crippen LogP contribution in [0.3, 0.4) is 0 Å². The van der Waals surface area contributed by atoms with Gasteiger partial charge in [0.25, 0.3) is 0 Å². The van der Waals surface area contributed by atoms with Gasteiger partial charge in [-0.2, -0.15) is 0 Å². The molecule has 15 heteroatoms. The predicted octanol–water partition coefficient (Wildman–Crippen LogP) is 8.39. The van der Waals surface area contributed by atoms with Crippen LogP contribution in [0.15, 0.2) is 54.6 Å². The lowest BCUT2D eigenvalue weighted by atomic mass is 9.99. The summed E-state index contributed by atoms with van der Waals surface area (Å²) >= 11 is 6.82. The van der Waals surface area contributed by atoms with Crippen molar-refractivity contribution in [1.82, 2.24) is 40.4 Å². The first kappa shape index (κ1) is 42.1. The van der Waals surface area contributed by atoms with Crippen molar-refractivity contribution < 1.29 is 28.7 Å². The van der Waals surface area contributed by atoms with Crippen molar-refractivity contribution in [2.75, 3.05) is 14.2 Å². The number of hydrogen-bond acceptors (Lipinski definition) is 8. The van der Waals surface area contributed by atoms with Gasteiger partial charge in [-0.05, 0) is 78.0 Å². The number of carbonyl (C=O) groups is 4. The second-order valence-electron chi connectivity index (χ2n) is 17.8. The highest BCUT2D eigenvalue weighted by molar-refractivity contribution is 6.32. The van der Waals surface area contributed by atoms with Crippen molar-refractivity contribution in [1.29, 1.82) is 0 Å². The minimum absolute atomic E-state index is 0.0819. The molecule has 0 spiro atoms. The molecular formula is C46H55ClN8O6. The van der Waals surface area contributed by atoms with Crippen LogP contribution < -0.4 is 10.6 Å². The van der Waals surface area contributed by atoms with Crippen molar-refractivity contribution in [3.63, 3.8) is 0 Å². The lowest BCUT2D eigenvalue weighted by Crippen LogP contribution is -2.53. The monoisotopic (exact) mass is 850 g/mol. The number of carbonyl (C=O) groups excluding carboxylic acids is 4. The number of methoxy groups -OCH3 is 2. The van der Waals surface area contributed by atoms with E-state index in [4.69, 9.17) is 31.0 Å². The number of nitrogens with zero attached hydrogens (tertiary/aromatic N) is 4. The quantitative estimate of drug-likeness (QED) is 0.108. The Morgan fingerprint density at radius 2 is 1.31 bits per heavy atom. The maximum Gasteiger partial charge on any atom is 0.407 e. The van der Waals surface area contributed by atoms with Gasteiger partial charge in [0, 0.05) is 23.0 Å². The highest BCUT2D eigenvalue weighted by Gasteiger charge is 2.61. The summed E-state index contributed by atoms with van der Waals surface area (Å²) < 4.78 is 9.65. The van der Waals surface area contributed by atoms with Crippen LogP contribution >= 0.6 is 11.6 Å². The number of aromatic amines is 2. The molecule has 0 radical (unpaired) electrons. The lowest BCUT2D eigenvalue weighted by Gasteiger charge is -2.33. The summed E-state index contributed by atoms with van der Waals surface area (Å²) in [4.78, 5) is 73.1. The van der Waals surface area contributed by atoms with Crippen LogP contribution in [-0.4, -0.2) is 92.1 Å². The predicted molar refractivity (Wildman–Crippen MR) is 233 cm³/mol. The number of alkyl carbamates (subject to hydrolysis) is 2. The number of aromatic nitrogens is 4. The van der Waals surface area contributed by atoms with Gasteiger partial charge in [-0.25, -0.2) is 19.6 Å². The molecule has 3 fully saturated rings. The number of nitrogens with one attached hydrogen (secondary N) is 4. The molecule has 3 aromatic carbocycles. The fourth-order valence-electron chi connectivity index (χ4n) is 9.69. The zero-order chi connectivity index (χ0) is 43.6. The van der Waals surface area contributed by atoms with Gasteiger partial charge >= 0.3 is 12.2 Å². The minimum atomic E-state index is -0.755. The van der Waals surface area contributed by atoms with E-state index in [9.17, 15) is 19.2 Å². The van der Waals surface area contributed by atoms with Gasteiger partial charge in [0.15, 0.2) is 0 Å². The van der Waals surface area contributed by atoms with Crippen LogP contribution in [-0.2, 0) is 19.1 Å². The molecule has 9 atom stereocenters. The molecule has 9 unspecified atom stereocenters. The molecule has 1 saturated carbocycles. The van der Waals surface area contributed by atoms with E-state index < -0.39 is 24.3 Å². The Morgan fingerprint density at radius 3 is 1.93 bits per heavy atom. The molecule has 2 saturated heterocycles. The molecule has 61 heavy (non-hydrogen) atoms. The van der Waals surface area contributed by atoms with E-state index in [0.29, 0.717) is 34.9 Å². The van der Waals surface area contributed by atoms with Gasteiger partial charge in [0.1, 0.15) is 34.6 Å². The van der Waals surface area contributed by atoms with E-state index in [0.717, 1.165) is 50.7 Å². The molecule has 5 aromatic rings. The summed E-state index contributed by atoms with van der Waals surface area (Å²) in [6.07, 6.45) is 0.240. The van der Waals surface area contributed by atoms with Crippen LogP contribution in [0.25, 0.3) is 44.2 Å². The number of imidazole rings is 2. The Labute approximate surface area is 360 Å². The van der Waals surface area contributed by atoms with Gasteiger partial charge < -0.3 is 39.9 Å². The minimum Gasteiger partial charge on any atom is -0.453 e. The van der Waals surface area contributed by atoms with Crippen molar-refractivity contribution >= 4 is 57.4 Å². The lowest BCUT2D eigenvalue weighted by molar-refractivity contribution is -0.138. The molecule has 4 N–H and O–H groups in total. The van der Waals surface area contributed by atoms with E-state index in [1.165, 1.54) is 14.2 Å². The second kappa shape index (κ2) is 16.3. The number of benzene rings is 3. The van der Waals surface area contributed by atoms with E-state index in [2.05, 4.69) is 58.7 Å². The number of ether oxygens (including phenoxy) is 2. The Balaban J connectivity index is 1.02. The smallest absolute Gasteiger partial charge is 0.407 e. The van der Waals surface area contributed by atoms with Gasteiger partial charge in [0.2, 0.25) is 11.8 Å². The summed E-state index contributed by atoms with van der Waals surface area (Å²) in [5, 5.41) is 7.91. The number of H-pyrrole nitrogens is 2. The number of hydrogen-bond donors (Lipinski definition) is 4. The Hall–Kier alpha value is -5.63. The van der Waals surface area contributed by atoms with Gasteiger partial charge in [-0.15, -0.1) is 0 Å². The third-order valence-electron chi connectivity index (χ3n) is 13.4. The first-order chi connectivity index (χ1) is 29.1. The fourth-order valence-corrected chi connectivity index (χ4v) is 9.94. The second-order valence-corrected chi connectivity index (χ2v) is 18.2. The Morgan fingerprint density at radius 1 is 0.738 bits per heavy atom. The Kier molecular flexibility index (Phi) is 11.3. The molecule has 2 aromatic heterocycles. The summed E-state index contributed by atoms with van der Waals surface area (Å²) in [5.74, 6) is 1.77. The third-order valence-corrected chi connectivity index (χ3v) is 13.7. The number of halogens is 1. The zero-order valence-electron chi connectivity index (χ0n) is 36.1. The highest BCUT2D eigenvalue weighted by atomic mass is 35.5. The number of fused-ring (bicyclic) bond motifs is 4. The summed E-state index contributed by atoms with van der Waals surface area (Å²) in [6, 6.07) is 16.5. The summed E-state index contributed by atoms with van der Waals surface area (Å²) in [7, 11) is 2.59. The van der Waals surface area contributed by atoms with Gasteiger partial charge in [0.05, 0.1) is 37.3 Å². The van der Waals surface area contributed by atoms with Crippen molar-refractivity contribution in [2.24, 2.45) is 29.6 Å². The standard InChI is InChI=1S/C46H55ClN8O6/c1-21(2)35(51-45(58)60-8)43(56)54-25(7)23(5)18-33(54)42-49-37(40(47)53-42)27-12-10-26(11-13-27)28-14-16-30-29(19-28)15-17-32-38(30)50-41(48-32)34-20-31-24(6)39(31)55(34)44(57)36(22(3)4)52-46(59)61-9/h10-17,19,21-25,31,33-36,39H,18,20H2,1-9H3,(H,48,50)(H,49,53)(H,51,58)(H,52,59). The number of likely N-dealkylation sites (tertiary alicyclic amines) is 2. The summed E-state index contributed by atoms with van der Waals surface area (Å²) in [6.45, 7) is 14.0. The molecule has 4 heterocycles. The SMILES string of the molecule is COC(=O)NC(C(=O)N1C(c2nc(-c3ccc(-c4ccc5c(ccc6[nH]c(C7CC8C(C)C8N7C(=O)C(NC(=O)OC)C(C)C)nc65)c4)cc3)c(Cl)[nH]2)CC(C)C1C)C(C)C. The van der Waals surface area contributed by atoms with E-state index in [1.54, 1.807) is 0 Å². The Bertz CT molecular complexity index is 2500. The van der Waals surface area contributed by atoms with Gasteiger partial charge in [-0.3, -0.25) is 9.59 Å². The van der Waals surface area contributed by atoms with Crippen molar-refractivity contribution in [2.45, 2.75) is 97.6 Å². The molecule has 322 valence electrons. The van der Waals surface area contributed by atoms with E-state index in [-0.39, 0.29) is 53.7 Å². The molecule has 0 bridgehead atoms. The first-order valence-electron chi connectivity index (χ1n) is 21.2. The molecule has 1 aliphatic carbocycles. The van der Waals surface area contributed by atoms with Gasteiger partial charge in [-0.1, -0.05) is 95.6 Å². The van der Waals surface area contributed by atoms with Crippen molar-refractivity contribution in [3.05, 3.63) is 71.4 Å². The normalized spacial score (nSPS) is 24.3. The molecule has 3 aliphatic rings. The number of amides is 4. The molecule has 2 aliphatic heterocycles. The molecular weight excluding hydrogens is 796 g/mol. The third kappa shape index (κ3) is 7.57. The molecule has 14 nitrogen and oxygen atoms in total. The average molecular weight is 851 g/mol. The zero-order valence-corrected chi connectivity index (χ0v) is 36.8. The maximum atomic E-state index is 14.1. The molecule has 4 amide bonds. The van der Waals surface area contributed by atoms with Crippen LogP contribution in [0.1, 0.15) is 85.0 Å². The van der Waals surface area contributed by atoms with E-state index >= 15 is 0 Å². The van der Waals surface area contributed by atoms with Crippen LogP contribution in [0.4, 0.5) is 9.59 Å². The van der Waals surface area contributed by atoms with E-state index in [1.807, 2.05) is 74.8 Å². The first-order valence-corrected chi connectivity index (χ1v) is 21.6. The van der Waals surface area contributed by atoms with Crippen LogP contribution in [0, 0.1) is 29.6 Å². The largest absolute Gasteiger partial charge is 0.453 e. The highest BCUT2D eigenvalue weighted by Crippen LogP contribution is 2.57. The maximum absolute atomic E-state index is 14.1.